The Labute approximate surface area is 216 Å². The third kappa shape index (κ3) is 9.11. The van der Waals surface area contributed by atoms with E-state index in [1.165, 1.54) is 16.7 Å². The number of carboxylic acid groups (broad SMARTS) is 1. The second-order valence-corrected chi connectivity index (χ2v) is 10.00. The molecule has 1 fully saturated rings. The Hall–Kier alpha value is -2.63. The highest BCUT2D eigenvalue weighted by molar-refractivity contribution is 7.98. The Kier molecular flexibility index (Phi) is 12.7. The van der Waals surface area contributed by atoms with Crippen LogP contribution in [0.2, 0.25) is 0 Å². The molecule has 0 saturated carbocycles. The number of aliphatic carboxylic acids is 1. The first kappa shape index (κ1) is 29.6. The lowest BCUT2D eigenvalue weighted by molar-refractivity contribution is -0.143. The molecule has 3 amide bonds. The van der Waals surface area contributed by atoms with E-state index in [0.29, 0.717) is 57.4 Å². The number of nitrogens with one attached hydrogen (secondary N) is 2. The molecule has 1 aliphatic heterocycles. The minimum atomic E-state index is -1.13. The van der Waals surface area contributed by atoms with E-state index in [-0.39, 0.29) is 12.3 Å². The van der Waals surface area contributed by atoms with Crippen LogP contribution in [0.1, 0.15) is 44.1 Å². The molecule has 4 unspecified atom stereocenters. The molecule has 0 radical (unpaired) electrons. The van der Waals surface area contributed by atoms with Gasteiger partial charge in [-0.25, -0.2) is 4.79 Å². The van der Waals surface area contributed by atoms with E-state index in [0.717, 1.165) is 5.56 Å². The van der Waals surface area contributed by atoms with E-state index in [4.69, 9.17) is 11.5 Å². The number of carboxylic acids is 1. The first-order valence-corrected chi connectivity index (χ1v) is 13.8. The molecule has 0 bridgehead atoms. The molecular formula is C25H39N5O5S. The van der Waals surface area contributed by atoms with Gasteiger partial charge in [-0.1, -0.05) is 30.3 Å². The molecule has 0 aromatic heterocycles. The number of carbonyl (C=O) groups is 4. The van der Waals surface area contributed by atoms with Crippen molar-refractivity contribution in [3.8, 4) is 0 Å². The predicted molar refractivity (Wildman–Crippen MR) is 140 cm³/mol. The first-order valence-electron chi connectivity index (χ1n) is 12.4. The number of rotatable bonds is 15. The summed E-state index contributed by atoms with van der Waals surface area (Å²) in [5, 5.41) is 14.8. The van der Waals surface area contributed by atoms with Crippen molar-refractivity contribution in [3.05, 3.63) is 35.9 Å². The summed E-state index contributed by atoms with van der Waals surface area (Å²) in [4.78, 5) is 52.3. The lowest BCUT2D eigenvalue weighted by Crippen LogP contribution is -2.56. The van der Waals surface area contributed by atoms with Crippen molar-refractivity contribution in [2.24, 2.45) is 11.5 Å². The molecule has 1 aromatic carbocycles. The van der Waals surface area contributed by atoms with Crippen LogP contribution in [0, 0.1) is 0 Å². The number of amides is 3. The SMILES string of the molecule is CSCCC(NC(=O)C1CCCN1C(=O)C(N)Cc1ccccc1)C(=O)NC(CCCCN)C(=O)O. The third-order valence-electron chi connectivity index (χ3n) is 6.26. The van der Waals surface area contributed by atoms with Crippen molar-refractivity contribution >= 4 is 35.5 Å². The maximum absolute atomic E-state index is 13.2. The fourth-order valence-electron chi connectivity index (χ4n) is 4.27. The van der Waals surface area contributed by atoms with Crippen LogP contribution in [0.4, 0.5) is 0 Å². The Morgan fingerprint density at radius 1 is 1.11 bits per heavy atom. The van der Waals surface area contributed by atoms with Crippen LogP contribution < -0.4 is 22.1 Å². The summed E-state index contributed by atoms with van der Waals surface area (Å²) in [5.41, 5.74) is 12.6. The molecule has 0 aliphatic carbocycles. The molecule has 200 valence electrons. The number of likely N-dealkylation sites (tertiary alicyclic amines) is 1. The van der Waals surface area contributed by atoms with Crippen molar-refractivity contribution < 1.29 is 24.3 Å². The van der Waals surface area contributed by atoms with Gasteiger partial charge in [-0.05, 0) is 69.1 Å². The van der Waals surface area contributed by atoms with Gasteiger partial charge in [-0.2, -0.15) is 11.8 Å². The molecule has 1 heterocycles. The van der Waals surface area contributed by atoms with Crippen LogP contribution in [0.25, 0.3) is 0 Å². The fraction of sp³-hybridized carbons (Fsp3) is 0.600. The Morgan fingerprint density at radius 2 is 1.83 bits per heavy atom. The van der Waals surface area contributed by atoms with Crippen LogP contribution in [0.3, 0.4) is 0 Å². The van der Waals surface area contributed by atoms with E-state index in [2.05, 4.69) is 10.6 Å². The largest absolute Gasteiger partial charge is 0.480 e. The molecule has 1 saturated heterocycles. The molecule has 2 rings (SSSR count). The average Bonchev–Trinajstić information content (AvgIpc) is 3.36. The molecule has 11 heteroatoms. The standard InChI is InChI=1S/C25H39N5O5S/c1-36-15-12-19(22(31)29-20(25(34)35)10-5-6-13-26)28-23(32)21-11-7-14-30(21)24(33)18(27)16-17-8-3-2-4-9-17/h2-4,8-9,18-21H,5-7,10-16,26-27H2,1H3,(H,28,32)(H,29,31)(H,34,35). The Bertz CT molecular complexity index is 872. The van der Waals surface area contributed by atoms with Gasteiger partial charge in [0.25, 0.3) is 0 Å². The predicted octanol–water partition coefficient (Wildman–Crippen LogP) is 0.484. The summed E-state index contributed by atoms with van der Waals surface area (Å²) in [5.74, 6) is -1.81. The lowest BCUT2D eigenvalue weighted by atomic mass is 10.0. The normalized spacial score (nSPS) is 17.8. The topological polar surface area (TPSA) is 168 Å². The second-order valence-electron chi connectivity index (χ2n) is 9.01. The van der Waals surface area contributed by atoms with Crippen LogP contribution in [-0.2, 0) is 25.6 Å². The zero-order chi connectivity index (χ0) is 26.5. The quantitative estimate of drug-likeness (QED) is 0.208. The van der Waals surface area contributed by atoms with E-state index in [1.807, 2.05) is 36.6 Å². The van der Waals surface area contributed by atoms with Crippen LogP contribution in [0.15, 0.2) is 30.3 Å². The number of hydrogen-bond acceptors (Lipinski definition) is 7. The summed E-state index contributed by atoms with van der Waals surface area (Å²) in [6, 6.07) is 5.99. The van der Waals surface area contributed by atoms with Gasteiger partial charge in [0.05, 0.1) is 6.04 Å². The van der Waals surface area contributed by atoms with Gasteiger partial charge in [0.2, 0.25) is 17.7 Å². The summed E-state index contributed by atoms with van der Waals surface area (Å²) in [7, 11) is 0. The van der Waals surface area contributed by atoms with E-state index in [1.54, 1.807) is 0 Å². The number of thioether (sulfide) groups is 1. The summed E-state index contributed by atoms with van der Waals surface area (Å²) in [6.07, 6.45) is 5.20. The zero-order valence-corrected chi connectivity index (χ0v) is 21.7. The van der Waals surface area contributed by atoms with Crippen LogP contribution >= 0.6 is 11.8 Å². The smallest absolute Gasteiger partial charge is 0.326 e. The maximum atomic E-state index is 13.2. The number of benzene rings is 1. The highest BCUT2D eigenvalue weighted by Gasteiger charge is 2.37. The van der Waals surface area contributed by atoms with Crippen molar-refractivity contribution in [1.82, 2.24) is 15.5 Å². The highest BCUT2D eigenvalue weighted by atomic mass is 32.2. The van der Waals surface area contributed by atoms with Crippen molar-refractivity contribution in [3.63, 3.8) is 0 Å². The van der Waals surface area contributed by atoms with Gasteiger partial charge in [0.1, 0.15) is 18.1 Å². The highest BCUT2D eigenvalue weighted by Crippen LogP contribution is 2.20. The van der Waals surface area contributed by atoms with Crippen molar-refractivity contribution in [2.75, 3.05) is 25.1 Å². The summed E-state index contributed by atoms with van der Waals surface area (Å²) in [6.45, 7) is 0.863. The molecular weight excluding hydrogens is 482 g/mol. The lowest BCUT2D eigenvalue weighted by Gasteiger charge is -2.28. The van der Waals surface area contributed by atoms with Crippen LogP contribution in [0.5, 0.6) is 0 Å². The Balaban J connectivity index is 2.04. The number of nitrogens with zero attached hydrogens (tertiary/aromatic N) is 1. The molecule has 1 aromatic rings. The molecule has 1 aliphatic rings. The van der Waals surface area contributed by atoms with Gasteiger partial charge in [-0.15, -0.1) is 0 Å². The number of nitrogens with two attached hydrogens (primary N) is 2. The minimum absolute atomic E-state index is 0.256. The van der Waals surface area contributed by atoms with Crippen molar-refractivity contribution in [1.29, 1.82) is 0 Å². The van der Waals surface area contributed by atoms with E-state index < -0.39 is 42.0 Å². The van der Waals surface area contributed by atoms with E-state index >= 15 is 0 Å². The fourth-order valence-corrected chi connectivity index (χ4v) is 4.74. The summed E-state index contributed by atoms with van der Waals surface area (Å²) < 4.78 is 0. The molecule has 0 spiro atoms. The Morgan fingerprint density at radius 3 is 2.47 bits per heavy atom. The van der Waals surface area contributed by atoms with Crippen LogP contribution in [-0.4, -0.2) is 83.0 Å². The number of carbonyl (C=O) groups excluding carboxylic acids is 3. The molecule has 10 nitrogen and oxygen atoms in total. The zero-order valence-electron chi connectivity index (χ0n) is 20.9. The number of unbranched alkanes of at least 4 members (excludes halogenated alkanes) is 1. The maximum Gasteiger partial charge on any atom is 0.326 e. The number of hydrogen-bond donors (Lipinski definition) is 5. The van der Waals surface area contributed by atoms with E-state index in [9.17, 15) is 24.3 Å². The molecule has 7 N–H and O–H groups in total. The third-order valence-corrected chi connectivity index (χ3v) is 6.90. The average molecular weight is 522 g/mol. The summed E-state index contributed by atoms with van der Waals surface area (Å²) >= 11 is 1.52. The molecule has 4 atom stereocenters. The van der Waals surface area contributed by atoms with Gasteiger partial charge in [0, 0.05) is 6.54 Å². The molecule has 36 heavy (non-hydrogen) atoms. The first-order chi connectivity index (χ1) is 17.3. The monoisotopic (exact) mass is 521 g/mol. The van der Waals surface area contributed by atoms with Gasteiger partial charge in [-0.3, -0.25) is 14.4 Å². The van der Waals surface area contributed by atoms with Gasteiger partial charge in [0.15, 0.2) is 0 Å². The second kappa shape index (κ2) is 15.5. The van der Waals surface area contributed by atoms with Gasteiger partial charge >= 0.3 is 5.97 Å². The van der Waals surface area contributed by atoms with Crippen molar-refractivity contribution in [2.45, 2.75) is 69.1 Å². The minimum Gasteiger partial charge on any atom is -0.480 e. The van der Waals surface area contributed by atoms with Gasteiger partial charge < -0.3 is 32.1 Å².